The molecule has 0 aliphatic rings. The van der Waals surface area contributed by atoms with Crippen molar-refractivity contribution < 1.29 is 9.16 Å². The Morgan fingerprint density at radius 2 is 1.15 bits per heavy atom. The lowest BCUT2D eigenvalue weighted by molar-refractivity contribution is 0.454. The van der Waals surface area contributed by atoms with Crippen molar-refractivity contribution in [1.82, 2.24) is 0 Å². The smallest absolute Gasteiger partial charge is 0.299 e. The summed E-state index contributed by atoms with van der Waals surface area (Å²) in [6, 6.07) is 44.9. The van der Waals surface area contributed by atoms with Crippen molar-refractivity contribution in [2.24, 2.45) is 0 Å². The first kappa shape index (κ1) is 26.6. The summed E-state index contributed by atoms with van der Waals surface area (Å²) in [5, 5.41) is 7.02. The van der Waals surface area contributed by atoms with E-state index in [0.29, 0.717) is 5.75 Å². The Bertz CT molecular complexity index is 1800. The largest absolute Gasteiger partial charge is 0.535 e. The van der Waals surface area contributed by atoms with E-state index < -0.39 is 9.04 Å². The van der Waals surface area contributed by atoms with Gasteiger partial charge in [-0.25, -0.2) is 0 Å². The highest BCUT2D eigenvalue weighted by Gasteiger charge is 2.28. The maximum atomic E-state index is 7.14. The van der Waals surface area contributed by atoms with Gasteiger partial charge in [-0.05, 0) is 54.5 Å². The molecule has 202 valence electrons. The molecular formula is C38H34O2Si. The molecule has 0 aliphatic heterocycles. The van der Waals surface area contributed by atoms with Gasteiger partial charge in [-0.1, -0.05) is 149 Å². The van der Waals surface area contributed by atoms with E-state index >= 15 is 0 Å². The van der Waals surface area contributed by atoms with Crippen LogP contribution in [0.3, 0.4) is 0 Å². The van der Waals surface area contributed by atoms with Crippen LogP contribution < -0.4 is 19.5 Å². The van der Waals surface area contributed by atoms with Gasteiger partial charge in [0.1, 0.15) is 5.75 Å². The molecule has 0 N–H and O–H groups in total. The first-order chi connectivity index (χ1) is 20.0. The molecule has 0 unspecified atom stereocenters. The minimum atomic E-state index is -2.13. The zero-order chi connectivity index (χ0) is 28.4. The van der Waals surface area contributed by atoms with Gasteiger partial charge in [-0.3, -0.25) is 0 Å². The number of fused-ring (bicyclic) bond motifs is 2. The summed E-state index contributed by atoms with van der Waals surface area (Å²) in [6.07, 6.45) is 1.52. The maximum Gasteiger partial charge on any atom is 0.299 e. The van der Waals surface area contributed by atoms with E-state index in [4.69, 9.17) is 9.16 Å². The lowest BCUT2D eigenvalue weighted by atomic mass is 9.78. The van der Waals surface area contributed by atoms with Gasteiger partial charge in [-0.15, -0.1) is 0 Å². The highest BCUT2D eigenvalue weighted by atomic mass is 28.3. The third-order valence-corrected chi connectivity index (χ3v) is 10.1. The molecule has 3 heteroatoms. The summed E-state index contributed by atoms with van der Waals surface area (Å²) >= 11 is 0. The molecule has 2 nitrogen and oxygen atoms in total. The second kappa shape index (κ2) is 11.1. The first-order valence-corrected chi connectivity index (χ1v) is 15.7. The van der Waals surface area contributed by atoms with Crippen molar-refractivity contribution in [3.63, 3.8) is 0 Å². The zero-order valence-corrected chi connectivity index (χ0v) is 25.0. The number of hydrogen-bond acceptors (Lipinski definition) is 2. The topological polar surface area (TPSA) is 18.5 Å². The zero-order valence-electron chi connectivity index (χ0n) is 23.8. The summed E-state index contributed by atoms with van der Waals surface area (Å²) in [5.41, 5.74) is 3.36. The molecule has 6 aromatic carbocycles. The summed E-state index contributed by atoms with van der Waals surface area (Å²) < 4.78 is 13.5. The van der Waals surface area contributed by atoms with Crippen molar-refractivity contribution in [3.05, 3.63) is 146 Å². The van der Waals surface area contributed by atoms with Crippen molar-refractivity contribution in [1.29, 1.82) is 0 Å². The van der Waals surface area contributed by atoms with Crippen molar-refractivity contribution in [2.45, 2.75) is 26.2 Å². The number of ether oxygens (including phenoxy) is 1. The standard InChI is InChI=1S/C38H34O2Si/c1-5-39-37-34(40-41(29-18-8-6-9-19-29)30-20-10-7-11-21-30)26-28-17-13-15-23-32(28)36(37)35-31-22-14-12-16-27(31)24-25-33(35)38(2,3)4/h5-26,41H,1H2,2-4H3. The van der Waals surface area contributed by atoms with Gasteiger partial charge in [-0.2, -0.15) is 0 Å². The highest BCUT2D eigenvalue weighted by Crippen LogP contribution is 2.49. The molecule has 0 saturated heterocycles. The summed E-state index contributed by atoms with van der Waals surface area (Å²) in [6.45, 7) is 10.8. The van der Waals surface area contributed by atoms with Crippen LogP contribution in [0.15, 0.2) is 140 Å². The van der Waals surface area contributed by atoms with Crippen LogP contribution in [0.4, 0.5) is 0 Å². The fraction of sp³-hybridized carbons (Fsp3) is 0.105. The quantitative estimate of drug-likeness (QED) is 0.147. The minimum Gasteiger partial charge on any atom is -0.535 e. The molecule has 0 radical (unpaired) electrons. The lowest BCUT2D eigenvalue weighted by Crippen LogP contribution is -2.47. The highest BCUT2D eigenvalue weighted by molar-refractivity contribution is 6.80. The van der Waals surface area contributed by atoms with Gasteiger partial charge in [0.2, 0.25) is 0 Å². The molecule has 6 rings (SSSR count). The van der Waals surface area contributed by atoms with Gasteiger partial charge in [0.05, 0.1) is 6.26 Å². The van der Waals surface area contributed by atoms with Crippen LogP contribution >= 0.6 is 0 Å². The van der Waals surface area contributed by atoms with E-state index in [9.17, 15) is 0 Å². The van der Waals surface area contributed by atoms with Gasteiger partial charge in [0.25, 0.3) is 9.04 Å². The van der Waals surface area contributed by atoms with Gasteiger partial charge in [0, 0.05) is 5.56 Å². The lowest BCUT2D eigenvalue weighted by Gasteiger charge is -2.28. The van der Waals surface area contributed by atoms with Crippen molar-refractivity contribution in [2.75, 3.05) is 0 Å². The predicted octanol–water partition coefficient (Wildman–Crippen LogP) is 8.40. The van der Waals surface area contributed by atoms with Crippen molar-refractivity contribution >= 4 is 41.0 Å². The molecule has 0 aliphatic carbocycles. The third-order valence-electron chi connectivity index (χ3n) is 7.61. The van der Waals surface area contributed by atoms with Gasteiger partial charge >= 0.3 is 0 Å². The molecule has 6 aromatic rings. The molecule has 0 spiro atoms. The van der Waals surface area contributed by atoms with E-state index in [1.165, 1.54) is 38.5 Å². The Morgan fingerprint density at radius 1 is 0.610 bits per heavy atom. The molecule has 0 heterocycles. The molecule has 41 heavy (non-hydrogen) atoms. The van der Waals surface area contributed by atoms with Crippen LogP contribution in [0.2, 0.25) is 0 Å². The van der Waals surface area contributed by atoms with Crippen molar-refractivity contribution in [3.8, 4) is 22.6 Å². The third kappa shape index (κ3) is 5.17. The average molecular weight is 551 g/mol. The summed E-state index contributed by atoms with van der Waals surface area (Å²) in [5.74, 6) is 1.43. The molecule has 0 aromatic heterocycles. The monoisotopic (exact) mass is 550 g/mol. The van der Waals surface area contributed by atoms with E-state index in [-0.39, 0.29) is 5.41 Å². The van der Waals surface area contributed by atoms with E-state index in [1.54, 1.807) is 0 Å². The first-order valence-electron chi connectivity index (χ1n) is 14.1. The number of benzene rings is 6. The predicted molar refractivity (Wildman–Crippen MR) is 176 cm³/mol. The second-order valence-corrected chi connectivity index (χ2v) is 13.7. The molecule has 0 amide bonds. The van der Waals surface area contributed by atoms with Crippen LogP contribution in [-0.2, 0) is 5.41 Å². The molecule has 0 fully saturated rings. The second-order valence-electron chi connectivity index (χ2n) is 11.4. The Kier molecular flexibility index (Phi) is 7.21. The van der Waals surface area contributed by atoms with Crippen LogP contribution in [0.5, 0.6) is 11.5 Å². The molecule has 0 bridgehead atoms. The Hall–Kier alpha value is -4.60. The summed E-state index contributed by atoms with van der Waals surface area (Å²) in [7, 11) is -2.13. The molecule has 0 saturated carbocycles. The van der Waals surface area contributed by atoms with Crippen LogP contribution in [0.25, 0.3) is 32.7 Å². The minimum absolute atomic E-state index is 0.103. The van der Waals surface area contributed by atoms with E-state index in [0.717, 1.165) is 22.1 Å². The fourth-order valence-corrected chi connectivity index (χ4v) is 7.95. The average Bonchev–Trinajstić information content (AvgIpc) is 3.00. The maximum absolute atomic E-state index is 7.14. The molecular weight excluding hydrogens is 517 g/mol. The van der Waals surface area contributed by atoms with Gasteiger partial charge < -0.3 is 9.16 Å². The SMILES string of the molecule is C=COc1c(O[SiH](c2ccccc2)c2ccccc2)cc2ccccc2c1-c1c(C(C)(C)C)ccc2ccccc12. The van der Waals surface area contributed by atoms with Crippen LogP contribution in [0.1, 0.15) is 26.3 Å². The Labute approximate surface area is 244 Å². The fourth-order valence-electron chi connectivity index (χ4n) is 5.72. The Balaban J connectivity index is 1.69. The normalized spacial score (nSPS) is 11.6. The van der Waals surface area contributed by atoms with Crippen LogP contribution in [-0.4, -0.2) is 9.04 Å². The van der Waals surface area contributed by atoms with E-state index in [1.807, 2.05) is 0 Å². The van der Waals surface area contributed by atoms with Crippen LogP contribution in [0, 0.1) is 0 Å². The summed E-state index contributed by atoms with van der Waals surface area (Å²) in [4.78, 5) is 0. The Morgan fingerprint density at radius 3 is 1.73 bits per heavy atom. The number of rotatable bonds is 7. The van der Waals surface area contributed by atoms with E-state index in [2.05, 4.69) is 155 Å². The number of hydrogen-bond donors (Lipinski definition) is 0. The molecule has 0 atom stereocenters. The van der Waals surface area contributed by atoms with Gasteiger partial charge in [0.15, 0.2) is 5.75 Å².